The molecule has 0 aliphatic heterocycles. The van der Waals surface area contributed by atoms with E-state index in [0.29, 0.717) is 13.1 Å². The molecule has 0 spiro atoms. The third-order valence-corrected chi connectivity index (χ3v) is 2.20. The van der Waals surface area contributed by atoms with Gasteiger partial charge in [-0.05, 0) is 12.1 Å². The first-order valence-corrected chi connectivity index (χ1v) is 5.03. The highest BCUT2D eigenvalue weighted by molar-refractivity contribution is 5.50. The van der Waals surface area contributed by atoms with Crippen molar-refractivity contribution in [1.29, 1.82) is 0 Å². The minimum atomic E-state index is -0.363. The summed E-state index contributed by atoms with van der Waals surface area (Å²) in [7, 11) is 1.45. The normalized spacial score (nSPS) is 9.62. The van der Waals surface area contributed by atoms with Crippen LogP contribution in [0.4, 0.5) is 10.1 Å². The number of methoxy groups -OCH3 is 1. The molecule has 0 fully saturated rings. The number of nitrogens with zero attached hydrogens (tertiary/aromatic N) is 1. The summed E-state index contributed by atoms with van der Waals surface area (Å²) >= 11 is 0. The van der Waals surface area contributed by atoms with Crippen molar-refractivity contribution < 1.29 is 9.13 Å². The van der Waals surface area contributed by atoms with Crippen molar-refractivity contribution in [1.82, 2.24) is 0 Å². The molecule has 2 nitrogen and oxygen atoms in total. The predicted octanol–water partition coefficient (Wildman–Crippen LogP) is 3.01. The van der Waals surface area contributed by atoms with E-state index in [-0.39, 0.29) is 11.6 Å². The maximum absolute atomic E-state index is 13.5. The van der Waals surface area contributed by atoms with Gasteiger partial charge in [0.2, 0.25) is 0 Å². The van der Waals surface area contributed by atoms with Gasteiger partial charge in [0.15, 0.2) is 11.6 Å². The van der Waals surface area contributed by atoms with Crippen molar-refractivity contribution in [3.63, 3.8) is 0 Å². The van der Waals surface area contributed by atoms with Gasteiger partial charge in [-0.15, -0.1) is 13.2 Å². The second-order valence-electron chi connectivity index (χ2n) is 3.30. The Kier molecular flexibility index (Phi) is 4.58. The monoisotopic (exact) mass is 221 g/mol. The molecule has 0 radical (unpaired) electrons. The molecule has 0 heterocycles. The summed E-state index contributed by atoms with van der Waals surface area (Å²) in [6.07, 6.45) is 3.54. The summed E-state index contributed by atoms with van der Waals surface area (Å²) in [5, 5.41) is 0. The lowest BCUT2D eigenvalue weighted by Gasteiger charge is -2.21. The first-order valence-electron chi connectivity index (χ1n) is 5.03. The Labute approximate surface area is 95.6 Å². The van der Waals surface area contributed by atoms with Gasteiger partial charge in [0.1, 0.15) is 0 Å². The molecule has 1 aromatic rings. The predicted molar refractivity (Wildman–Crippen MR) is 65.6 cm³/mol. The molecular formula is C13H16FNO. The third-order valence-electron chi connectivity index (χ3n) is 2.20. The number of benzene rings is 1. The molecule has 86 valence electrons. The Morgan fingerprint density at radius 1 is 1.31 bits per heavy atom. The summed E-state index contributed by atoms with van der Waals surface area (Å²) in [4.78, 5) is 1.96. The standard InChI is InChI=1S/C13H16FNO/c1-4-8-15(9-5-2)11-6-7-13(16-3)12(14)10-11/h4-7,10H,1-2,8-9H2,3H3. The van der Waals surface area contributed by atoms with E-state index in [2.05, 4.69) is 13.2 Å². The maximum Gasteiger partial charge on any atom is 0.167 e. The van der Waals surface area contributed by atoms with Crippen LogP contribution in [0.1, 0.15) is 0 Å². The summed E-state index contributed by atoms with van der Waals surface area (Å²) < 4.78 is 18.4. The Balaban J connectivity index is 2.95. The Morgan fingerprint density at radius 3 is 2.38 bits per heavy atom. The lowest BCUT2D eigenvalue weighted by molar-refractivity contribution is 0.386. The molecule has 0 aliphatic carbocycles. The van der Waals surface area contributed by atoms with Crippen molar-refractivity contribution in [2.75, 3.05) is 25.1 Å². The van der Waals surface area contributed by atoms with Crippen LogP contribution in [0.3, 0.4) is 0 Å². The van der Waals surface area contributed by atoms with Gasteiger partial charge in [-0.1, -0.05) is 12.2 Å². The lowest BCUT2D eigenvalue weighted by atomic mass is 10.2. The second kappa shape index (κ2) is 5.95. The van der Waals surface area contributed by atoms with Crippen LogP contribution in [0.25, 0.3) is 0 Å². The van der Waals surface area contributed by atoms with Crippen molar-refractivity contribution in [3.8, 4) is 5.75 Å². The van der Waals surface area contributed by atoms with Crippen LogP contribution in [0.15, 0.2) is 43.5 Å². The minimum absolute atomic E-state index is 0.251. The zero-order valence-electron chi connectivity index (χ0n) is 9.45. The molecule has 0 N–H and O–H groups in total. The molecule has 1 rings (SSSR count). The summed E-state index contributed by atoms with van der Waals surface area (Å²) in [6, 6.07) is 4.88. The quantitative estimate of drug-likeness (QED) is 0.685. The van der Waals surface area contributed by atoms with Gasteiger partial charge in [-0.3, -0.25) is 0 Å². The lowest BCUT2D eigenvalue weighted by Crippen LogP contribution is -2.23. The van der Waals surface area contributed by atoms with Crippen LogP contribution in [0.2, 0.25) is 0 Å². The highest BCUT2D eigenvalue weighted by atomic mass is 19.1. The molecule has 1 aromatic carbocycles. The molecule has 0 amide bonds. The Bertz CT molecular complexity index is 366. The Hall–Kier alpha value is -1.77. The van der Waals surface area contributed by atoms with E-state index in [4.69, 9.17) is 4.74 Å². The first-order chi connectivity index (χ1) is 7.72. The number of rotatable bonds is 6. The van der Waals surface area contributed by atoms with Crippen LogP contribution >= 0.6 is 0 Å². The van der Waals surface area contributed by atoms with Gasteiger partial charge in [-0.25, -0.2) is 4.39 Å². The second-order valence-corrected chi connectivity index (χ2v) is 3.30. The van der Waals surface area contributed by atoms with Gasteiger partial charge < -0.3 is 9.64 Å². The van der Waals surface area contributed by atoms with Gasteiger partial charge in [0.05, 0.1) is 7.11 Å². The van der Waals surface area contributed by atoms with Crippen molar-refractivity contribution >= 4 is 5.69 Å². The van der Waals surface area contributed by atoms with Gasteiger partial charge in [0, 0.05) is 24.8 Å². The maximum atomic E-state index is 13.5. The first kappa shape index (κ1) is 12.3. The average molecular weight is 221 g/mol. The Morgan fingerprint density at radius 2 is 1.94 bits per heavy atom. The molecule has 0 saturated carbocycles. The van der Waals surface area contributed by atoms with Crippen LogP contribution < -0.4 is 9.64 Å². The van der Waals surface area contributed by atoms with Crippen molar-refractivity contribution in [2.24, 2.45) is 0 Å². The fraction of sp³-hybridized carbons (Fsp3) is 0.231. The summed E-state index contributed by atoms with van der Waals surface area (Å²) in [6.45, 7) is 8.64. The number of halogens is 1. The molecule has 0 aliphatic rings. The highest BCUT2D eigenvalue weighted by Crippen LogP contribution is 2.23. The molecule has 0 unspecified atom stereocenters. The van der Waals surface area contributed by atoms with Crippen LogP contribution in [0.5, 0.6) is 5.75 Å². The van der Waals surface area contributed by atoms with E-state index < -0.39 is 0 Å². The molecule has 0 atom stereocenters. The molecule has 16 heavy (non-hydrogen) atoms. The van der Waals surface area contributed by atoms with E-state index in [1.165, 1.54) is 13.2 Å². The van der Waals surface area contributed by atoms with E-state index >= 15 is 0 Å². The zero-order chi connectivity index (χ0) is 12.0. The summed E-state index contributed by atoms with van der Waals surface area (Å²) in [5.41, 5.74) is 0.790. The molecular weight excluding hydrogens is 205 g/mol. The van der Waals surface area contributed by atoms with Gasteiger partial charge in [-0.2, -0.15) is 0 Å². The van der Waals surface area contributed by atoms with Gasteiger partial charge >= 0.3 is 0 Å². The molecule has 3 heteroatoms. The van der Waals surface area contributed by atoms with E-state index in [9.17, 15) is 4.39 Å². The fourth-order valence-electron chi connectivity index (χ4n) is 1.45. The number of hydrogen-bond acceptors (Lipinski definition) is 2. The molecule has 0 saturated heterocycles. The number of anilines is 1. The molecule has 0 bridgehead atoms. The minimum Gasteiger partial charge on any atom is -0.494 e. The van der Waals surface area contributed by atoms with Crippen LogP contribution in [0, 0.1) is 5.82 Å². The average Bonchev–Trinajstić information content (AvgIpc) is 2.28. The van der Waals surface area contributed by atoms with Gasteiger partial charge in [0.25, 0.3) is 0 Å². The van der Waals surface area contributed by atoms with E-state index in [1.807, 2.05) is 11.0 Å². The number of ether oxygens (including phenoxy) is 1. The van der Waals surface area contributed by atoms with Crippen molar-refractivity contribution in [2.45, 2.75) is 0 Å². The third kappa shape index (κ3) is 2.86. The summed E-state index contributed by atoms with van der Waals surface area (Å²) in [5.74, 6) is -0.112. The highest BCUT2D eigenvalue weighted by Gasteiger charge is 2.07. The largest absolute Gasteiger partial charge is 0.494 e. The van der Waals surface area contributed by atoms with Crippen LogP contribution in [-0.2, 0) is 0 Å². The van der Waals surface area contributed by atoms with E-state index in [0.717, 1.165) is 5.69 Å². The van der Waals surface area contributed by atoms with Crippen molar-refractivity contribution in [3.05, 3.63) is 49.3 Å². The number of hydrogen-bond donors (Lipinski definition) is 0. The molecule has 0 aromatic heterocycles. The van der Waals surface area contributed by atoms with Crippen LogP contribution in [-0.4, -0.2) is 20.2 Å². The zero-order valence-corrected chi connectivity index (χ0v) is 9.45. The topological polar surface area (TPSA) is 12.5 Å². The van der Waals surface area contributed by atoms with E-state index in [1.54, 1.807) is 18.2 Å². The smallest absolute Gasteiger partial charge is 0.167 e. The SMILES string of the molecule is C=CCN(CC=C)c1ccc(OC)c(F)c1. The fourth-order valence-corrected chi connectivity index (χ4v) is 1.45.